The van der Waals surface area contributed by atoms with Crippen molar-refractivity contribution in [2.45, 2.75) is 44.9 Å². The molecule has 3 rings (SSSR count). The molecule has 0 bridgehead atoms. The van der Waals surface area contributed by atoms with Crippen LogP contribution in [0.4, 0.5) is 26.3 Å². The molecular formula is C20H25F6N3O6S. The summed E-state index contributed by atoms with van der Waals surface area (Å²) < 4.78 is 76.5. The molecule has 2 aromatic rings. The molecular weight excluding hydrogens is 524 g/mol. The smallest absolute Gasteiger partial charge is 0.475 e. The lowest BCUT2D eigenvalue weighted by Crippen LogP contribution is -2.27. The molecule has 0 spiro atoms. The number of nitrogens with zero attached hydrogens (tertiary/aromatic N) is 2. The molecule has 0 radical (unpaired) electrons. The lowest BCUT2D eigenvalue weighted by molar-refractivity contribution is -0.193. The highest BCUT2D eigenvalue weighted by Gasteiger charge is 2.38. The monoisotopic (exact) mass is 549 g/mol. The van der Waals surface area contributed by atoms with Crippen molar-refractivity contribution >= 4 is 23.3 Å². The van der Waals surface area contributed by atoms with Gasteiger partial charge in [-0.3, -0.25) is 4.68 Å². The molecule has 0 saturated carbocycles. The summed E-state index contributed by atoms with van der Waals surface area (Å²) in [6.07, 6.45) is -7.04. The summed E-state index contributed by atoms with van der Waals surface area (Å²) in [4.78, 5) is 20.5. The Balaban J connectivity index is 0.000000383. The molecule has 0 aromatic carbocycles. The second-order valence-corrected chi connectivity index (χ2v) is 8.53. The van der Waals surface area contributed by atoms with Gasteiger partial charge in [0, 0.05) is 36.2 Å². The van der Waals surface area contributed by atoms with E-state index in [2.05, 4.69) is 35.7 Å². The van der Waals surface area contributed by atoms with Crippen LogP contribution in [0.1, 0.15) is 27.1 Å². The van der Waals surface area contributed by atoms with E-state index in [-0.39, 0.29) is 6.10 Å². The zero-order valence-corrected chi connectivity index (χ0v) is 20.0. The molecule has 1 aliphatic heterocycles. The van der Waals surface area contributed by atoms with Crippen molar-refractivity contribution in [1.29, 1.82) is 0 Å². The Morgan fingerprint density at radius 2 is 1.78 bits per heavy atom. The number of methoxy groups -OCH3 is 1. The van der Waals surface area contributed by atoms with E-state index in [1.54, 1.807) is 7.11 Å². The van der Waals surface area contributed by atoms with E-state index in [1.807, 2.05) is 16.0 Å². The molecule has 16 heteroatoms. The van der Waals surface area contributed by atoms with Crippen LogP contribution in [0.5, 0.6) is 0 Å². The number of carboxylic acids is 2. The highest BCUT2D eigenvalue weighted by molar-refractivity contribution is 7.11. The number of aliphatic carboxylic acids is 2. The van der Waals surface area contributed by atoms with Crippen LogP contribution in [0.2, 0.25) is 0 Å². The number of aromatic nitrogens is 2. The molecule has 0 fully saturated rings. The van der Waals surface area contributed by atoms with Crippen LogP contribution >= 0.6 is 11.3 Å². The van der Waals surface area contributed by atoms with Crippen LogP contribution in [-0.4, -0.2) is 71.2 Å². The number of fused-ring (bicyclic) bond motifs is 1. The van der Waals surface area contributed by atoms with Crippen molar-refractivity contribution in [3.8, 4) is 0 Å². The number of hydrogen-bond donors (Lipinski definition) is 3. The molecule has 1 atom stereocenters. The molecule has 1 unspecified atom stereocenters. The fraction of sp³-hybridized carbons (Fsp3) is 0.550. The molecule has 2 aromatic heterocycles. The lowest BCUT2D eigenvalue weighted by Gasteiger charge is -2.22. The van der Waals surface area contributed by atoms with Crippen molar-refractivity contribution in [1.82, 2.24) is 15.1 Å². The van der Waals surface area contributed by atoms with E-state index in [0.29, 0.717) is 6.61 Å². The lowest BCUT2D eigenvalue weighted by atomic mass is 10.1. The van der Waals surface area contributed by atoms with Crippen LogP contribution in [0.15, 0.2) is 18.3 Å². The highest BCUT2D eigenvalue weighted by atomic mass is 32.1. The molecule has 0 saturated heterocycles. The fourth-order valence-electron chi connectivity index (χ4n) is 2.69. The van der Waals surface area contributed by atoms with Gasteiger partial charge in [0.05, 0.1) is 25.5 Å². The van der Waals surface area contributed by atoms with Crippen LogP contribution in [0.25, 0.3) is 0 Å². The molecule has 204 valence electrons. The van der Waals surface area contributed by atoms with Crippen LogP contribution in [0, 0.1) is 6.92 Å². The number of thiophene rings is 1. The topological polar surface area (TPSA) is 123 Å². The number of aryl methyl sites for hydroxylation is 1. The predicted molar refractivity (Wildman–Crippen MR) is 115 cm³/mol. The Kier molecular flexibility index (Phi) is 12.3. The Morgan fingerprint density at radius 1 is 1.19 bits per heavy atom. The van der Waals surface area contributed by atoms with Crippen LogP contribution < -0.4 is 5.32 Å². The zero-order chi connectivity index (χ0) is 27.5. The van der Waals surface area contributed by atoms with Gasteiger partial charge in [-0.15, -0.1) is 11.3 Å². The number of halogens is 6. The molecule has 3 heterocycles. The Bertz CT molecular complexity index is 952. The van der Waals surface area contributed by atoms with Gasteiger partial charge in [0.1, 0.15) is 6.10 Å². The number of ether oxygens (including phenoxy) is 2. The van der Waals surface area contributed by atoms with Gasteiger partial charge in [-0.1, -0.05) is 0 Å². The number of carboxylic acid groups (broad SMARTS) is 2. The number of hydrogen-bond acceptors (Lipinski definition) is 7. The van der Waals surface area contributed by atoms with Crippen molar-refractivity contribution in [2.75, 3.05) is 26.9 Å². The van der Waals surface area contributed by atoms with Crippen LogP contribution in [0.3, 0.4) is 0 Å². The summed E-state index contributed by atoms with van der Waals surface area (Å²) in [7, 11) is 1.71. The highest BCUT2D eigenvalue weighted by Crippen LogP contribution is 2.25. The molecule has 0 aliphatic carbocycles. The standard InChI is InChI=1S/C16H23N3O2S.2C2HF3O2/c1-12-3-4-14(22-12)9-17-10-15-16-13(5-7-21-15)11-19(18-16)6-8-20-2;2*3-2(4,5)1(6)7/h3-4,11,15,17H,5-10H2,1-2H3;2*(H,6,7). The van der Waals surface area contributed by atoms with E-state index in [1.165, 1.54) is 15.3 Å². The third kappa shape index (κ3) is 11.4. The number of carbonyl (C=O) groups is 2. The molecule has 3 N–H and O–H groups in total. The van der Waals surface area contributed by atoms with E-state index in [4.69, 9.17) is 29.3 Å². The minimum Gasteiger partial charge on any atom is -0.475 e. The van der Waals surface area contributed by atoms with E-state index in [9.17, 15) is 26.3 Å². The van der Waals surface area contributed by atoms with Crippen LogP contribution in [-0.2, 0) is 38.6 Å². The van der Waals surface area contributed by atoms with Gasteiger partial charge in [-0.25, -0.2) is 9.59 Å². The fourth-order valence-corrected chi connectivity index (χ4v) is 3.55. The summed E-state index contributed by atoms with van der Waals surface area (Å²) in [6, 6.07) is 4.34. The van der Waals surface area contributed by atoms with Crippen molar-refractivity contribution in [2.24, 2.45) is 0 Å². The maximum Gasteiger partial charge on any atom is 0.490 e. The van der Waals surface area contributed by atoms with Gasteiger partial charge in [-0.2, -0.15) is 31.4 Å². The number of alkyl halides is 6. The largest absolute Gasteiger partial charge is 0.490 e. The first-order valence-electron chi connectivity index (χ1n) is 10.2. The van der Waals surface area contributed by atoms with Gasteiger partial charge >= 0.3 is 24.3 Å². The zero-order valence-electron chi connectivity index (χ0n) is 19.1. The summed E-state index contributed by atoms with van der Waals surface area (Å²) in [5, 5.41) is 22.4. The maximum absolute atomic E-state index is 10.6. The Morgan fingerprint density at radius 3 is 2.25 bits per heavy atom. The van der Waals surface area contributed by atoms with Gasteiger partial charge in [0.25, 0.3) is 0 Å². The van der Waals surface area contributed by atoms with Gasteiger partial charge in [-0.05, 0) is 31.0 Å². The third-order valence-corrected chi connectivity index (χ3v) is 5.30. The van der Waals surface area contributed by atoms with E-state index >= 15 is 0 Å². The van der Waals surface area contributed by atoms with E-state index < -0.39 is 24.3 Å². The first-order valence-corrected chi connectivity index (χ1v) is 11.0. The molecule has 9 nitrogen and oxygen atoms in total. The minimum atomic E-state index is -5.08. The molecule has 36 heavy (non-hydrogen) atoms. The normalized spacial score (nSPS) is 15.2. The average Bonchev–Trinajstić information content (AvgIpc) is 3.38. The average molecular weight is 549 g/mol. The first-order chi connectivity index (χ1) is 16.6. The second-order valence-electron chi connectivity index (χ2n) is 7.15. The molecule has 0 amide bonds. The second kappa shape index (κ2) is 14.2. The quantitative estimate of drug-likeness (QED) is 0.448. The Hall–Kier alpha value is -2.69. The summed E-state index contributed by atoms with van der Waals surface area (Å²) in [5.41, 5.74) is 2.39. The number of rotatable bonds is 7. The van der Waals surface area contributed by atoms with Crippen molar-refractivity contribution in [3.05, 3.63) is 39.3 Å². The Labute approximate surface area is 205 Å². The first kappa shape index (κ1) is 31.3. The van der Waals surface area contributed by atoms with Crippen molar-refractivity contribution < 1.29 is 55.6 Å². The summed E-state index contributed by atoms with van der Waals surface area (Å²) >= 11 is 1.84. The molecule has 1 aliphatic rings. The van der Waals surface area contributed by atoms with Gasteiger partial charge in [0.2, 0.25) is 0 Å². The third-order valence-electron chi connectivity index (χ3n) is 4.30. The van der Waals surface area contributed by atoms with E-state index in [0.717, 1.165) is 38.4 Å². The summed E-state index contributed by atoms with van der Waals surface area (Å²) in [6.45, 7) is 6.06. The maximum atomic E-state index is 10.6. The van der Waals surface area contributed by atoms with Gasteiger partial charge in [0.15, 0.2) is 0 Å². The van der Waals surface area contributed by atoms with Gasteiger partial charge < -0.3 is 25.0 Å². The predicted octanol–water partition coefficient (Wildman–Crippen LogP) is 3.57. The van der Waals surface area contributed by atoms with Crippen molar-refractivity contribution in [3.63, 3.8) is 0 Å². The number of nitrogens with one attached hydrogen (secondary N) is 1. The minimum absolute atomic E-state index is 0.0496. The SMILES string of the molecule is COCCn1cc2c(n1)C(CNCc1ccc(C)s1)OCC2.O=C(O)C(F)(F)F.O=C(O)C(F)(F)F. The summed E-state index contributed by atoms with van der Waals surface area (Å²) in [5.74, 6) is -5.51.